The minimum atomic E-state index is 0.522. The smallest absolute Gasteiger partial charge is 0.138 e. The molecule has 0 unspecified atom stereocenters. The number of H-pyrrole nitrogens is 1. The highest BCUT2D eigenvalue weighted by molar-refractivity contribution is 6.42. The summed E-state index contributed by atoms with van der Waals surface area (Å²) >= 11 is 12.2. The van der Waals surface area contributed by atoms with Crippen molar-refractivity contribution < 1.29 is 0 Å². The summed E-state index contributed by atoms with van der Waals surface area (Å²) in [6.07, 6.45) is 0. The first-order valence-corrected chi connectivity index (χ1v) is 9.32. The van der Waals surface area contributed by atoms with E-state index in [0.717, 1.165) is 55.1 Å². The van der Waals surface area contributed by atoms with Crippen molar-refractivity contribution in [2.45, 2.75) is 6.92 Å². The number of anilines is 1. The first-order chi connectivity index (χ1) is 12.1. The van der Waals surface area contributed by atoms with Crippen LogP contribution in [0.25, 0.3) is 22.4 Å². The number of nitrogens with zero attached hydrogens (tertiary/aromatic N) is 3. The summed E-state index contributed by atoms with van der Waals surface area (Å²) in [6, 6.07) is 12.2. The Kier molecular flexibility index (Phi) is 4.59. The fourth-order valence-electron chi connectivity index (χ4n) is 3.29. The molecule has 1 saturated heterocycles. The van der Waals surface area contributed by atoms with Gasteiger partial charge in [-0.1, -0.05) is 30.1 Å². The zero-order valence-electron chi connectivity index (χ0n) is 14.1. The number of imidazole rings is 1. The van der Waals surface area contributed by atoms with Crippen molar-refractivity contribution >= 4 is 39.9 Å². The third-order valence-corrected chi connectivity index (χ3v) is 5.57. The van der Waals surface area contributed by atoms with Crippen molar-refractivity contribution in [3.8, 4) is 11.4 Å². The molecule has 2 aromatic carbocycles. The van der Waals surface area contributed by atoms with E-state index in [2.05, 4.69) is 51.0 Å². The van der Waals surface area contributed by atoms with Crippen molar-refractivity contribution in [2.24, 2.45) is 0 Å². The first kappa shape index (κ1) is 16.7. The minimum absolute atomic E-state index is 0.522. The molecular formula is C19H20Cl2N4. The van der Waals surface area contributed by atoms with Gasteiger partial charge in [0.1, 0.15) is 5.82 Å². The topological polar surface area (TPSA) is 35.2 Å². The maximum atomic E-state index is 6.08. The predicted octanol–water partition coefficient (Wildman–Crippen LogP) is 4.68. The SMILES string of the molecule is CCN1CCN(c2ccc(-c3nc4cc(Cl)c(Cl)cc4[nH]3)cc2)CC1. The van der Waals surface area contributed by atoms with Gasteiger partial charge in [-0.3, -0.25) is 0 Å². The summed E-state index contributed by atoms with van der Waals surface area (Å²) in [5.74, 6) is 0.829. The standard InChI is InChI=1S/C19H20Cl2N4/c1-2-24-7-9-25(10-8-24)14-5-3-13(4-6-14)19-22-17-11-15(20)16(21)12-18(17)23-19/h3-6,11-12H,2,7-10H2,1H3,(H,22,23). The number of halogens is 2. The van der Waals surface area contributed by atoms with Crippen molar-refractivity contribution in [1.82, 2.24) is 14.9 Å². The number of rotatable bonds is 3. The average Bonchev–Trinajstić information content (AvgIpc) is 3.05. The normalized spacial score (nSPS) is 15.9. The molecule has 0 amide bonds. The van der Waals surface area contributed by atoms with Crippen LogP contribution in [0.3, 0.4) is 0 Å². The molecule has 1 aromatic heterocycles. The van der Waals surface area contributed by atoms with E-state index >= 15 is 0 Å². The van der Waals surface area contributed by atoms with Gasteiger partial charge in [-0.05, 0) is 42.9 Å². The Morgan fingerprint density at radius 3 is 2.36 bits per heavy atom. The van der Waals surface area contributed by atoms with E-state index in [1.165, 1.54) is 5.69 Å². The molecule has 4 nitrogen and oxygen atoms in total. The van der Waals surface area contributed by atoms with Crippen molar-refractivity contribution in [3.05, 3.63) is 46.4 Å². The van der Waals surface area contributed by atoms with Gasteiger partial charge in [0.15, 0.2) is 0 Å². The van der Waals surface area contributed by atoms with E-state index in [4.69, 9.17) is 23.2 Å². The molecule has 1 aliphatic rings. The monoisotopic (exact) mass is 374 g/mol. The number of hydrogen-bond donors (Lipinski definition) is 1. The molecule has 1 N–H and O–H groups in total. The zero-order valence-corrected chi connectivity index (χ0v) is 15.6. The van der Waals surface area contributed by atoms with Gasteiger partial charge < -0.3 is 14.8 Å². The van der Waals surface area contributed by atoms with Crippen LogP contribution in [0.4, 0.5) is 5.69 Å². The summed E-state index contributed by atoms with van der Waals surface area (Å²) in [4.78, 5) is 12.9. The molecule has 0 radical (unpaired) electrons. The highest BCUT2D eigenvalue weighted by atomic mass is 35.5. The predicted molar refractivity (Wildman–Crippen MR) is 106 cm³/mol. The van der Waals surface area contributed by atoms with Gasteiger partial charge in [0.2, 0.25) is 0 Å². The molecule has 1 fully saturated rings. The molecule has 4 rings (SSSR count). The van der Waals surface area contributed by atoms with E-state index < -0.39 is 0 Å². The van der Waals surface area contributed by atoms with Gasteiger partial charge in [-0.2, -0.15) is 0 Å². The van der Waals surface area contributed by atoms with Crippen LogP contribution in [0.5, 0.6) is 0 Å². The van der Waals surface area contributed by atoms with Crippen LogP contribution in [0.1, 0.15) is 6.92 Å². The minimum Gasteiger partial charge on any atom is -0.369 e. The van der Waals surface area contributed by atoms with E-state index in [1.807, 2.05) is 6.07 Å². The van der Waals surface area contributed by atoms with E-state index in [1.54, 1.807) is 6.07 Å². The lowest BCUT2D eigenvalue weighted by molar-refractivity contribution is 0.271. The Balaban J connectivity index is 1.56. The second-order valence-electron chi connectivity index (χ2n) is 6.34. The maximum Gasteiger partial charge on any atom is 0.138 e. The van der Waals surface area contributed by atoms with E-state index in [0.29, 0.717) is 10.0 Å². The second kappa shape index (κ2) is 6.87. The van der Waals surface area contributed by atoms with Crippen LogP contribution in [0.2, 0.25) is 10.0 Å². The van der Waals surface area contributed by atoms with Crippen LogP contribution in [-0.2, 0) is 0 Å². The Morgan fingerprint density at radius 1 is 1.00 bits per heavy atom. The van der Waals surface area contributed by atoms with Gasteiger partial charge in [-0.15, -0.1) is 0 Å². The van der Waals surface area contributed by atoms with E-state index in [9.17, 15) is 0 Å². The molecule has 1 aliphatic heterocycles. The molecule has 0 spiro atoms. The number of nitrogens with one attached hydrogen (secondary N) is 1. The van der Waals surface area contributed by atoms with Crippen molar-refractivity contribution in [2.75, 3.05) is 37.6 Å². The lowest BCUT2D eigenvalue weighted by Crippen LogP contribution is -2.46. The molecule has 3 aromatic rings. The zero-order chi connectivity index (χ0) is 17.4. The molecule has 2 heterocycles. The summed E-state index contributed by atoms with van der Waals surface area (Å²) in [7, 11) is 0. The summed E-state index contributed by atoms with van der Waals surface area (Å²) in [6.45, 7) is 7.77. The maximum absolute atomic E-state index is 6.08. The fraction of sp³-hybridized carbons (Fsp3) is 0.316. The molecular weight excluding hydrogens is 355 g/mol. The van der Waals surface area contributed by atoms with Crippen LogP contribution in [0, 0.1) is 0 Å². The van der Waals surface area contributed by atoms with Gasteiger partial charge in [0.05, 0.1) is 21.1 Å². The fourth-order valence-corrected chi connectivity index (χ4v) is 3.62. The van der Waals surface area contributed by atoms with Crippen molar-refractivity contribution in [3.63, 3.8) is 0 Å². The van der Waals surface area contributed by atoms with Gasteiger partial charge >= 0.3 is 0 Å². The highest BCUT2D eigenvalue weighted by Gasteiger charge is 2.16. The summed E-state index contributed by atoms with van der Waals surface area (Å²) < 4.78 is 0. The third-order valence-electron chi connectivity index (χ3n) is 4.85. The van der Waals surface area contributed by atoms with Gasteiger partial charge in [-0.25, -0.2) is 4.98 Å². The van der Waals surface area contributed by atoms with E-state index in [-0.39, 0.29) is 0 Å². The first-order valence-electron chi connectivity index (χ1n) is 8.56. The number of benzene rings is 2. The molecule has 0 atom stereocenters. The number of fused-ring (bicyclic) bond motifs is 1. The Morgan fingerprint density at radius 2 is 1.68 bits per heavy atom. The summed E-state index contributed by atoms with van der Waals surface area (Å²) in [5, 5.41) is 1.06. The number of piperazine rings is 1. The number of aromatic nitrogens is 2. The number of likely N-dealkylation sites (N-methyl/N-ethyl adjacent to an activating group) is 1. The van der Waals surface area contributed by atoms with Gasteiger partial charge in [0.25, 0.3) is 0 Å². The molecule has 6 heteroatoms. The molecule has 25 heavy (non-hydrogen) atoms. The van der Waals surface area contributed by atoms with Gasteiger partial charge in [0, 0.05) is 37.4 Å². The summed E-state index contributed by atoms with van der Waals surface area (Å²) in [5.41, 5.74) is 4.04. The lowest BCUT2D eigenvalue weighted by Gasteiger charge is -2.35. The van der Waals surface area contributed by atoms with Crippen molar-refractivity contribution in [1.29, 1.82) is 0 Å². The molecule has 0 bridgehead atoms. The largest absolute Gasteiger partial charge is 0.369 e. The molecule has 0 saturated carbocycles. The van der Waals surface area contributed by atoms with Crippen LogP contribution < -0.4 is 4.90 Å². The van der Waals surface area contributed by atoms with Crippen LogP contribution >= 0.6 is 23.2 Å². The van der Waals surface area contributed by atoms with Crippen LogP contribution in [-0.4, -0.2) is 47.6 Å². The average molecular weight is 375 g/mol. The lowest BCUT2D eigenvalue weighted by atomic mass is 10.1. The highest BCUT2D eigenvalue weighted by Crippen LogP contribution is 2.29. The quantitative estimate of drug-likeness (QED) is 0.722. The number of aromatic amines is 1. The molecule has 130 valence electrons. The number of hydrogen-bond acceptors (Lipinski definition) is 3. The Hall–Kier alpha value is -1.75. The Labute approximate surface area is 157 Å². The Bertz CT molecular complexity index is 841. The van der Waals surface area contributed by atoms with Crippen LogP contribution in [0.15, 0.2) is 36.4 Å². The third kappa shape index (κ3) is 3.34. The second-order valence-corrected chi connectivity index (χ2v) is 7.15. The molecule has 0 aliphatic carbocycles.